The summed E-state index contributed by atoms with van der Waals surface area (Å²) in [5.74, 6) is 0.189. The van der Waals surface area contributed by atoms with Crippen LogP contribution in [0.4, 0.5) is 11.5 Å². The first-order valence-corrected chi connectivity index (χ1v) is 5.29. The number of hydrogen-bond donors (Lipinski definition) is 2. The minimum absolute atomic E-state index is 0.294. The molecule has 1 amide bonds. The van der Waals surface area contributed by atoms with E-state index in [1.54, 1.807) is 42.2 Å². The number of nitrogens with one attached hydrogen (secondary N) is 1. The molecule has 0 saturated heterocycles. The van der Waals surface area contributed by atoms with Crippen LogP contribution in [0.25, 0.3) is 0 Å². The summed E-state index contributed by atoms with van der Waals surface area (Å²) in [6, 6.07) is 6.39. The van der Waals surface area contributed by atoms with Crippen molar-refractivity contribution in [2.75, 3.05) is 11.1 Å². The number of benzene rings is 1. The number of amides is 1. The van der Waals surface area contributed by atoms with Gasteiger partial charge in [-0.2, -0.15) is 5.10 Å². The number of aromatic nitrogens is 2. The number of nitrogens with two attached hydrogens (primary N) is 1. The first kappa shape index (κ1) is 11.5. The number of nitrogens with zero attached hydrogens (tertiary/aromatic N) is 2. The third kappa shape index (κ3) is 2.76. The number of halogens is 1. The number of aryl methyl sites for hydroxylation is 1. The third-order valence-corrected chi connectivity index (χ3v) is 2.36. The molecule has 0 radical (unpaired) electrons. The van der Waals surface area contributed by atoms with Gasteiger partial charge in [0.2, 0.25) is 0 Å². The molecular weight excluding hydrogens is 240 g/mol. The maximum absolute atomic E-state index is 11.9. The van der Waals surface area contributed by atoms with Gasteiger partial charge < -0.3 is 11.1 Å². The van der Waals surface area contributed by atoms with Crippen molar-refractivity contribution < 1.29 is 4.79 Å². The van der Waals surface area contributed by atoms with Crippen LogP contribution in [-0.4, -0.2) is 15.7 Å². The van der Waals surface area contributed by atoms with E-state index < -0.39 is 0 Å². The van der Waals surface area contributed by atoms with Gasteiger partial charge in [0, 0.05) is 35.6 Å². The maximum atomic E-state index is 11.9. The van der Waals surface area contributed by atoms with E-state index in [1.807, 2.05) is 0 Å². The number of carbonyl (C=O) groups is 1. The molecule has 88 valence electrons. The van der Waals surface area contributed by atoms with Gasteiger partial charge in [0.05, 0.1) is 0 Å². The summed E-state index contributed by atoms with van der Waals surface area (Å²) in [7, 11) is 1.77. The van der Waals surface area contributed by atoms with Gasteiger partial charge in [0.25, 0.3) is 5.91 Å². The second-order valence-electron chi connectivity index (χ2n) is 3.60. The van der Waals surface area contributed by atoms with E-state index in [4.69, 9.17) is 17.3 Å². The number of carbonyl (C=O) groups excluding carboxylic acids is 1. The summed E-state index contributed by atoms with van der Waals surface area (Å²) in [6.45, 7) is 0. The van der Waals surface area contributed by atoms with Crippen LogP contribution in [-0.2, 0) is 7.05 Å². The van der Waals surface area contributed by atoms with Crippen LogP contribution in [0, 0.1) is 0 Å². The molecule has 0 atom stereocenters. The lowest BCUT2D eigenvalue weighted by Gasteiger charge is -2.03. The van der Waals surface area contributed by atoms with E-state index in [1.165, 1.54) is 0 Å². The number of nitrogen functional groups attached to an aromatic ring is 1. The van der Waals surface area contributed by atoms with Gasteiger partial charge in [-0.05, 0) is 18.2 Å². The Balaban J connectivity index is 2.19. The molecule has 17 heavy (non-hydrogen) atoms. The molecule has 0 saturated carbocycles. The monoisotopic (exact) mass is 250 g/mol. The van der Waals surface area contributed by atoms with Crippen LogP contribution in [0.2, 0.25) is 5.02 Å². The molecule has 6 heteroatoms. The molecule has 0 spiro atoms. The molecule has 1 aromatic carbocycles. The van der Waals surface area contributed by atoms with E-state index >= 15 is 0 Å². The van der Waals surface area contributed by atoms with Gasteiger partial charge in [-0.3, -0.25) is 9.48 Å². The Hall–Kier alpha value is -2.01. The highest BCUT2D eigenvalue weighted by Gasteiger charge is 2.09. The zero-order chi connectivity index (χ0) is 12.4. The lowest BCUT2D eigenvalue weighted by Crippen LogP contribution is -2.12. The molecule has 3 N–H and O–H groups in total. The van der Waals surface area contributed by atoms with Gasteiger partial charge in [0.15, 0.2) is 5.82 Å². The highest BCUT2D eigenvalue weighted by atomic mass is 35.5. The predicted molar refractivity (Wildman–Crippen MR) is 67.0 cm³/mol. The minimum Gasteiger partial charge on any atom is -0.399 e. The smallest absolute Gasteiger partial charge is 0.256 e. The highest BCUT2D eigenvalue weighted by Crippen LogP contribution is 2.17. The Labute approximate surface area is 103 Å². The van der Waals surface area contributed by atoms with Crippen LogP contribution in [0.15, 0.2) is 30.5 Å². The van der Waals surface area contributed by atoms with Crippen molar-refractivity contribution in [2.24, 2.45) is 7.05 Å². The Kier molecular flexibility index (Phi) is 3.01. The molecule has 5 nitrogen and oxygen atoms in total. The quantitative estimate of drug-likeness (QED) is 0.800. The molecular formula is C11H11ClN4O. The van der Waals surface area contributed by atoms with Crippen LogP contribution < -0.4 is 11.1 Å². The van der Waals surface area contributed by atoms with Crippen LogP contribution in [0.3, 0.4) is 0 Å². The summed E-state index contributed by atoms with van der Waals surface area (Å²) < 4.78 is 1.60. The summed E-state index contributed by atoms with van der Waals surface area (Å²) in [5, 5.41) is 7.12. The molecule has 0 bridgehead atoms. The third-order valence-electron chi connectivity index (χ3n) is 2.14. The topological polar surface area (TPSA) is 72.9 Å². The SMILES string of the molecule is Cn1ccc(NC(=O)c2cc(N)cc(Cl)c2)n1. The van der Waals surface area contributed by atoms with Crippen molar-refractivity contribution in [3.63, 3.8) is 0 Å². The Bertz CT molecular complexity index is 544. The predicted octanol–water partition coefficient (Wildman–Crippen LogP) is 1.91. The standard InChI is InChI=1S/C11H11ClN4O/c1-16-3-2-10(15-16)14-11(17)7-4-8(12)6-9(13)5-7/h2-6H,13H2,1H3,(H,14,15,17). The first-order chi connectivity index (χ1) is 8.04. The molecule has 0 fully saturated rings. The van der Waals surface area contributed by atoms with Crippen LogP contribution in [0.1, 0.15) is 10.4 Å². The summed E-state index contributed by atoms with van der Waals surface area (Å²) >= 11 is 5.82. The van der Waals surface area contributed by atoms with E-state index in [0.717, 1.165) is 0 Å². The lowest BCUT2D eigenvalue weighted by molar-refractivity contribution is 0.102. The van der Waals surface area contributed by atoms with E-state index in [0.29, 0.717) is 22.1 Å². The fourth-order valence-electron chi connectivity index (χ4n) is 1.41. The van der Waals surface area contributed by atoms with Crippen LogP contribution >= 0.6 is 11.6 Å². The lowest BCUT2D eigenvalue weighted by atomic mass is 10.2. The Morgan fingerprint density at radius 1 is 1.47 bits per heavy atom. The molecule has 0 aliphatic carbocycles. The molecule has 2 aromatic rings. The van der Waals surface area contributed by atoms with Crippen molar-refractivity contribution in [3.05, 3.63) is 41.0 Å². The summed E-state index contributed by atoms with van der Waals surface area (Å²) in [4.78, 5) is 11.9. The summed E-state index contributed by atoms with van der Waals surface area (Å²) in [5.41, 5.74) is 6.46. The molecule has 1 aromatic heterocycles. The molecule has 2 rings (SSSR count). The Morgan fingerprint density at radius 2 is 2.24 bits per heavy atom. The average Bonchev–Trinajstić information content (AvgIpc) is 2.62. The molecule has 1 heterocycles. The van der Waals surface area contributed by atoms with Crippen molar-refractivity contribution in [2.45, 2.75) is 0 Å². The van der Waals surface area contributed by atoms with Crippen LogP contribution in [0.5, 0.6) is 0 Å². The largest absolute Gasteiger partial charge is 0.399 e. The normalized spacial score (nSPS) is 10.2. The van der Waals surface area contributed by atoms with Crippen molar-refractivity contribution in [3.8, 4) is 0 Å². The zero-order valence-electron chi connectivity index (χ0n) is 9.14. The van der Waals surface area contributed by atoms with E-state index in [2.05, 4.69) is 10.4 Å². The van der Waals surface area contributed by atoms with Gasteiger partial charge in [-0.1, -0.05) is 11.6 Å². The van der Waals surface area contributed by atoms with Gasteiger partial charge in [-0.15, -0.1) is 0 Å². The average molecular weight is 251 g/mol. The Morgan fingerprint density at radius 3 is 2.82 bits per heavy atom. The fourth-order valence-corrected chi connectivity index (χ4v) is 1.66. The van der Waals surface area contributed by atoms with E-state index in [-0.39, 0.29) is 5.91 Å². The zero-order valence-corrected chi connectivity index (χ0v) is 9.90. The number of hydrogen-bond acceptors (Lipinski definition) is 3. The van der Waals surface area contributed by atoms with Crippen molar-refractivity contribution in [1.29, 1.82) is 0 Å². The number of rotatable bonds is 2. The highest BCUT2D eigenvalue weighted by molar-refractivity contribution is 6.31. The maximum Gasteiger partial charge on any atom is 0.256 e. The molecule has 0 unspecified atom stereocenters. The molecule has 0 aliphatic rings. The van der Waals surface area contributed by atoms with Gasteiger partial charge >= 0.3 is 0 Å². The van der Waals surface area contributed by atoms with Crippen molar-refractivity contribution in [1.82, 2.24) is 9.78 Å². The second kappa shape index (κ2) is 4.47. The minimum atomic E-state index is -0.294. The number of anilines is 2. The fraction of sp³-hybridized carbons (Fsp3) is 0.0909. The molecule has 0 aliphatic heterocycles. The van der Waals surface area contributed by atoms with Gasteiger partial charge in [0.1, 0.15) is 0 Å². The van der Waals surface area contributed by atoms with Crippen molar-refractivity contribution >= 4 is 29.0 Å². The first-order valence-electron chi connectivity index (χ1n) is 4.91. The second-order valence-corrected chi connectivity index (χ2v) is 4.04. The van der Waals surface area contributed by atoms with E-state index in [9.17, 15) is 4.79 Å². The van der Waals surface area contributed by atoms with Gasteiger partial charge in [-0.25, -0.2) is 0 Å². The summed E-state index contributed by atoms with van der Waals surface area (Å²) in [6.07, 6.45) is 1.74.